The summed E-state index contributed by atoms with van der Waals surface area (Å²) in [4.78, 5) is 37.3. The molecule has 0 aliphatic carbocycles. The number of rotatable bonds is 7. The molecule has 0 unspecified atom stereocenters. The quantitative estimate of drug-likeness (QED) is 0.181. The molecule has 0 aliphatic rings. The van der Waals surface area contributed by atoms with E-state index in [0.29, 0.717) is 6.42 Å². The van der Waals surface area contributed by atoms with Crippen molar-refractivity contribution in [3.05, 3.63) is 98.9 Å². The lowest BCUT2D eigenvalue weighted by atomic mass is 10.2. The van der Waals surface area contributed by atoms with Crippen molar-refractivity contribution in [1.29, 1.82) is 0 Å². The molecule has 1 aromatic heterocycles. The molecule has 0 amide bonds. The number of fused-ring (bicyclic) bond motifs is 1. The third-order valence-corrected chi connectivity index (χ3v) is 5.33. The van der Waals surface area contributed by atoms with Crippen molar-refractivity contribution in [3.8, 4) is 17.2 Å². The van der Waals surface area contributed by atoms with Crippen LogP contribution >= 0.6 is 11.6 Å². The lowest BCUT2D eigenvalue weighted by molar-refractivity contribution is -0.154. The molecule has 0 spiro atoms. The van der Waals surface area contributed by atoms with Crippen molar-refractivity contribution < 1.29 is 41.4 Å². The van der Waals surface area contributed by atoms with E-state index < -0.39 is 40.6 Å². The maximum atomic E-state index is 13.8. The second-order valence-corrected chi connectivity index (χ2v) is 8.34. The van der Waals surface area contributed by atoms with Crippen LogP contribution in [-0.4, -0.2) is 18.5 Å². The van der Waals surface area contributed by atoms with Crippen molar-refractivity contribution in [2.45, 2.75) is 19.5 Å². The van der Waals surface area contributed by atoms with E-state index in [2.05, 4.69) is 0 Å². The molecular formula is C27H18ClF3O7. The van der Waals surface area contributed by atoms with Gasteiger partial charge in [0.1, 0.15) is 17.1 Å². The maximum absolute atomic E-state index is 13.8. The van der Waals surface area contributed by atoms with E-state index in [1.807, 2.05) is 6.92 Å². The lowest BCUT2D eigenvalue weighted by Crippen LogP contribution is -2.16. The van der Waals surface area contributed by atoms with Gasteiger partial charge in [0.05, 0.1) is 23.1 Å². The Balaban J connectivity index is 1.66. The van der Waals surface area contributed by atoms with Crippen molar-refractivity contribution in [3.63, 3.8) is 0 Å². The Morgan fingerprint density at radius 3 is 2.29 bits per heavy atom. The van der Waals surface area contributed by atoms with E-state index in [0.717, 1.165) is 12.1 Å². The minimum absolute atomic E-state index is 0.114. The van der Waals surface area contributed by atoms with Crippen LogP contribution in [0.3, 0.4) is 0 Å². The van der Waals surface area contributed by atoms with Gasteiger partial charge in [0.15, 0.2) is 0 Å². The zero-order valence-corrected chi connectivity index (χ0v) is 20.4. The van der Waals surface area contributed by atoms with Gasteiger partial charge in [0.25, 0.3) is 5.76 Å². The van der Waals surface area contributed by atoms with Crippen LogP contribution in [0, 0.1) is 0 Å². The Morgan fingerprint density at radius 2 is 1.63 bits per heavy atom. The number of carbonyl (C=O) groups is 2. The summed E-state index contributed by atoms with van der Waals surface area (Å²) in [6.07, 6.45) is -4.48. The summed E-state index contributed by atoms with van der Waals surface area (Å²) >= 11 is 5.86. The van der Waals surface area contributed by atoms with Gasteiger partial charge < -0.3 is 18.6 Å². The molecule has 0 fully saturated rings. The predicted octanol–water partition coefficient (Wildman–Crippen LogP) is 7.04. The largest absolute Gasteiger partial charge is 0.462 e. The van der Waals surface area contributed by atoms with Crippen LogP contribution in [0.2, 0.25) is 5.02 Å². The van der Waals surface area contributed by atoms with Gasteiger partial charge in [-0.15, -0.1) is 0 Å². The van der Waals surface area contributed by atoms with Gasteiger partial charge in [0.2, 0.25) is 11.2 Å². The number of hydrogen-bond donors (Lipinski definition) is 0. The molecule has 0 radical (unpaired) electrons. The molecule has 4 aromatic rings. The molecule has 0 N–H and O–H groups in total. The van der Waals surface area contributed by atoms with Crippen LogP contribution < -0.4 is 14.9 Å². The van der Waals surface area contributed by atoms with Crippen LogP contribution in [0.5, 0.6) is 17.2 Å². The molecule has 0 atom stereocenters. The fraction of sp³-hybridized carbons (Fsp3) is 0.148. The van der Waals surface area contributed by atoms with E-state index in [1.54, 1.807) is 6.07 Å². The highest BCUT2D eigenvalue weighted by atomic mass is 35.5. The van der Waals surface area contributed by atoms with Gasteiger partial charge in [-0.1, -0.05) is 24.6 Å². The van der Waals surface area contributed by atoms with Crippen LogP contribution in [0.1, 0.15) is 39.8 Å². The predicted molar refractivity (Wildman–Crippen MR) is 131 cm³/mol. The van der Waals surface area contributed by atoms with Gasteiger partial charge in [-0.3, -0.25) is 4.79 Å². The number of benzene rings is 3. The van der Waals surface area contributed by atoms with E-state index in [-0.39, 0.29) is 39.6 Å². The Kier molecular flexibility index (Phi) is 7.72. The number of carbonyl (C=O) groups excluding carboxylic acids is 2. The molecule has 196 valence electrons. The minimum atomic E-state index is -5.10. The number of alkyl halides is 3. The van der Waals surface area contributed by atoms with E-state index in [1.165, 1.54) is 48.5 Å². The SMILES string of the molecule is CCCOC(=O)c1ccc(Oc2c(C(F)(F)F)oc3cc(OC(=O)c4cccc(Cl)c4)ccc3c2=O)cc1. The van der Waals surface area contributed by atoms with Crippen molar-refractivity contribution >= 4 is 34.5 Å². The Bertz CT molecular complexity index is 1560. The van der Waals surface area contributed by atoms with Crippen molar-refractivity contribution in [2.24, 2.45) is 0 Å². The Hall–Kier alpha value is -4.31. The minimum Gasteiger partial charge on any atom is -0.462 e. The molecule has 11 heteroatoms. The summed E-state index contributed by atoms with van der Waals surface area (Å²) < 4.78 is 62.0. The fourth-order valence-corrected chi connectivity index (χ4v) is 3.53. The second kappa shape index (κ2) is 11.0. The summed E-state index contributed by atoms with van der Waals surface area (Å²) in [5.74, 6) is -4.48. The normalized spacial score (nSPS) is 11.3. The first-order valence-corrected chi connectivity index (χ1v) is 11.6. The standard InChI is InChI=1S/C27H18ClF3O7/c1-2-12-35-25(33)15-6-8-18(9-7-15)36-23-22(32)20-11-10-19(14-21(20)38-24(23)27(29,30)31)37-26(34)16-4-3-5-17(28)13-16/h3-11,13-14H,2,12H2,1H3. The van der Waals surface area contributed by atoms with Crippen LogP contribution in [0.4, 0.5) is 13.2 Å². The van der Waals surface area contributed by atoms with Crippen molar-refractivity contribution in [1.82, 2.24) is 0 Å². The first-order valence-electron chi connectivity index (χ1n) is 11.2. The number of ether oxygens (including phenoxy) is 3. The third-order valence-electron chi connectivity index (χ3n) is 5.10. The summed E-state index contributed by atoms with van der Waals surface area (Å²) in [6.45, 7) is 2.04. The summed E-state index contributed by atoms with van der Waals surface area (Å²) in [7, 11) is 0. The van der Waals surface area contributed by atoms with Gasteiger partial charge in [-0.2, -0.15) is 13.2 Å². The Morgan fingerprint density at radius 1 is 0.921 bits per heavy atom. The van der Waals surface area contributed by atoms with Crippen molar-refractivity contribution in [2.75, 3.05) is 6.61 Å². The highest BCUT2D eigenvalue weighted by Crippen LogP contribution is 2.38. The highest BCUT2D eigenvalue weighted by Gasteiger charge is 2.40. The molecule has 1 heterocycles. The van der Waals surface area contributed by atoms with Crippen LogP contribution in [0.25, 0.3) is 11.0 Å². The Labute approximate surface area is 218 Å². The van der Waals surface area contributed by atoms with E-state index in [4.69, 9.17) is 30.2 Å². The molecule has 0 aliphatic heterocycles. The summed E-state index contributed by atoms with van der Waals surface area (Å²) in [5, 5.41) is 0.0488. The van der Waals surface area contributed by atoms with Gasteiger partial charge in [-0.05, 0) is 61.0 Å². The smallest absolute Gasteiger partial charge is 0.453 e. The van der Waals surface area contributed by atoms with Crippen LogP contribution in [-0.2, 0) is 10.9 Å². The number of esters is 2. The molecule has 0 saturated heterocycles. The highest BCUT2D eigenvalue weighted by molar-refractivity contribution is 6.30. The molecule has 7 nitrogen and oxygen atoms in total. The second-order valence-electron chi connectivity index (χ2n) is 7.91. The first-order chi connectivity index (χ1) is 18.1. The zero-order valence-electron chi connectivity index (χ0n) is 19.6. The molecule has 0 saturated carbocycles. The third kappa shape index (κ3) is 5.97. The molecule has 3 aromatic carbocycles. The van der Waals surface area contributed by atoms with E-state index >= 15 is 0 Å². The molecule has 0 bridgehead atoms. The van der Waals surface area contributed by atoms with E-state index in [9.17, 15) is 27.6 Å². The topological polar surface area (TPSA) is 92.0 Å². The fourth-order valence-electron chi connectivity index (χ4n) is 3.34. The van der Waals surface area contributed by atoms with Gasteiger partial charge >= 0.3 is 18.1 Å². The summed E-state index contributed by atoms with van der Waals surface area (Å²) in [5.41, 5.74) is -1.30. The maximum Gasteiger partial charge on any atom is 0.453 e. The average Bonchev–Trinajstić information content (AvgIpc) is 2.88. The summed E-state index contributed by atoms with van der Waals surface area (Å²) in [6, 6.07) is 14.3. The number of hydrogen-bond acceptors (Lipinski definition) is 7. The lowest BCUT2D eigenvalue weighted by Gasteiger charge is -2.14. The van der Waals surface area contributed by atoms with Crippen LogP contribution in [0.15, 0.2) is 75.9 Å². The van der Waals surface area contributed by atoms with Gasteiger partial charge in [-0.25, -0.2) is 9.59 Å². The zero-order chi connectivity index (χ0) is 27.4. The molecular weight excluding hydrogens is 529 g/mol. The first kappa shape index (κ1) is 26.7. The average molecular weight is 547 g/mol. The molecule has 38 heavy (non-hydrogen) atoms. The number of halogens is 4. The monoisotopic (exact) mass is 546 g/mol. The van der Waals surface area contributed by atoms with Gasteiger partial charge in [0, 0.05) is 11.1 Å². The molecule has 4 rings (SSSR count).